The molecular weight excluding hydrogens is 256 g/mol. The molecule has 0 bridgehead atoms. The lowest BCUT2D eigenvalue weighted by atomic mass is 9.89. The summed E-state index contributed by atoms with van der Waals surface area (Å²) >= 11 is 0. The molecule has 1 aromatic rings. The minimum atomic E-state index is 0.121. The SMILES string of the molecule is COCCC(C)(C)CNc1cc(OC)c(OC)cc1N. The molecule has 0 radical (unpaired) electrons. The molecule has 0 spiro atoms. The van der Waals surface area contributed by atoms with E-state index in [1.54, 1.807) is 27.4 Å². The molecular formula is C15H26N2O3. The summed E-state index contributed by atoms with van der Waals surface area (Å²) in [6, 6.07) is 3.63. The van der Waals surface area contributed by atoms with Crippen molar-refractivity contribution in [3.05, 3.63) is 12.1 Å². The van der Waals surface area contributed by atoms with E-state index in [4.69, 9.17) is 19.9 Å². The first-order valence-corrected chi connectivity index (χ1v) is 6.68. The van der Waals surface area contributed by atoms with Crippen LogP contribution >= 0.6 is 0 Å². The Bertz CT molecular complexity index is 433. The second kappa shape index (κ2) is 7.24. The van der Waals surface area contributed by atoms with Crippen LogP contribution in [0.15, 0.2) is 12.1 Å². The predicted octanol–water partition coefficient (Wildman–Crippen LogP) is 2.76. The van der Waals surface area contributed by atoms with Crippen LogP contribution in [0, 0.1) is 5.41 Å². The molecule has 0 atom stereocenters. The van der Waals surface area contributed by atoms with Gasteiger partial charge < -0.3 is 25.3 Å². The van der Waals surface area contributed by atoms with Crippen LogP contribution in [0.25, 0.3) is 0 Å². The van der Waals surface area contributed by atoms with E-state index in [2.05, 4.69) is 19.2 Å². The van der Waals surface area contributed by atoms with Crippen molar-refractivity contribution in [3.63, 3.8) is 0 Å². The predicted molar refractivity (Wildman–Crippen MR) is 82.7 cm³/mol. The third-order valence-electron chi connectivity index (χ3n) is 3.30. The number of ether oxygens (including phenoxy) is 3. The number of nitrogens with one attached hydrogen (secondary N) is 1. The average molecular weight is 282 g/mol. The number of methoxy groups -OCH3 is 3. The summed E-state index contributed by atoms with van der Waals surface area (Å²) < 4.78 is 15.6. The molecule has 0 fully saturated rings. The average Bonchev–Trinajstić information content (AvgIpc) is 2.43. The zero-order valence-electron chi connectivity index (χ0n) is 13.1. The van der Waals surface area contributed by atoms with Crippen molar-refractivity contribution in [2.75, 3.05) is 45.5 Å². The number of nitrogens with two attached hydrogens (primary N) is 1. The van der Waals surface area contributed by atoms with E-state index in [9.17, 15) is 0 Å². The maximum Gasteiger partial charge on any atom is 0.162 e. The summed E-state index contributed by atoms with van der Waals surface area (Å²) in [7, 11) is 4.93. The van der Waals surface area contributed by atoms with E-state index in [1.165, 1.54) is 0 Å². The Labute approximate surface area is 121 Å². The summed E-state index contributed by atoms with van der Waals surface area (Å²) in [5, 5.41) is 3.37. The second-order valence-corrected chi connectivity index (χ2v) is 5.56. The van der Waals surface area contributed by atoms with Gasteiger partial charge >= 0.3 is 0 Å². The van der Waals surface area contributed by atoms with E-state index in [0.717, 1.165) is 25.3 Å². The van der Waals surface area contributed by atoms with Gasteiger partial charge in [-0.25, -0.2) is 0 Å². The topological polar surface area (TPSA) is 65.7 Å². The molecule has 0 amide bonds. The fraction of sp³-hybridized carbons (Fsp3) is 0.600. The summed E-state index contributed by atoms with van der Waals surface area (Å²) in [6.45, 7) is 5.93. The molecule has 5 nitrogen and oxygen atoms in total. The number of rotatable bonds is 8. The summed E-state index contributed by atoms with van der Waals surface area (Å²) in [5.74, 6) is 1.30. The van der Waals surface area contributed by atoms with Gasteiger partial charge in [0.1, 0.15) is 0 Å². The summed E-state index contributed by atoms with van der Waals surface area (Å²) in [4.78, 5) is 0. The Morgan fingerprint density at radius 2 is 1.70 bits per heavy atom. The quantitative estimate of drug-likeness (QED) is 0.718. The molecule has 1 rings (SSSR count). The third-order valence-corrected chi connectivity index (χ3v) is 3.30. The van der Waals surface area contributed by atoms with Gasteiger partial charge in [0.05, 0.1) is 25.6 Å². The molecule has 0 saturated carbocycles. The van der Waals surface area contributed by atoms with E-state index >= 15 is 0 Å². The van der Waals surface area contributed by atoms with Crippen molar-refractivity contribution in [3.8, 4) is 11.5 Å². The highest BCUT2D eigenvalue weighted by Crippen LogP contribution is 2.35. The maximum atomic E-state index is 6.03. The molecule has 0 aliphatic carbocycles. The van der Waals surface area contributed by atoms with E-state index in [1.807, 2.05) is 6.07 Å². The fourth-order valence-corrected chi connectivity index (χ4v) is 1.85. The number of benzene rings is 1. The first kappa shape index (κ1) is 16.4. The van der Waals surface area contributed by atoms with E-state index in [-0.39, 0.29) is 5.41 Å². The third kappa shape index (κ3) is 4.49. The molecule has 20 heavy (non-hydrogen) atoms. The first-order chi connectivity index (χ1) is 9.43. The van der Waals surface area contributed by atoms with Gasteiger partial charge in [0.15, 0.2) is 11.5 Å². The lowest BCUT2D eigenvalue weighted by molar-refractivity contribution is 0.157. The normalized spacial score (nSPS) is 11.2. The minimum absolute atomic E-state index is 0.121. The number of hydrogen-bond donors (Lipinski definition) is 2. The van der Waals surface area contributed by atoms with Gasteiger partial charge in [-0.1, -0.05) is 13.8 Å². The molecule has 0 aromatic heterocycles. The van der Waals surface area contributed by atoms with Crippen LogP contribution in [0.1, 0.15) is 20.3 Å². The largest absolute Gasteiger partial charge is 0.493 e. The van der Waals surface area contributed by atoms with Crippen molar-refractivity contribution in [2.45, 2.75) is 20.3 Å². The number of nitrogen functional groups attached to an aromatic ring is 1. The highest BCUT2D eigenvalue weighted by atomic mass is 16.5. The number of hydrogen-bond acceptors (Lipinski definition) is 5. The van der Waals surface area contributed by atoms with E-state index in [0.29, 0.717) is 17.2 Å². The summed E-state index contributed by atoms with van der Waals surface area (Å²) in [5.41, 5.74) is 7.65. The van der Waals surface area contributed by atoms with Crippen molar-refractivity contribution >= 4 is 11.4 Å². The molecule has 1 aromatic carbocycles. The molecule has 0 saturated heterocycles. The Morgan fingerprint density at radius 3 is 2.25 bits per heavy atom. The van der Waals surface area contributed by atoms with Gasteiger partial charge in [-0.05, 0) is 11.8 Å². The molecule has 0 aliphatic heterocycles. The lowest BCUT2D eigenvalue weighted by Crippen LogP contribution is -2.25. The Hall–Kier alpha value is -1.62. The molecule has 3 N–H and O–H groups in total. The number of anilines is 2. The highest BCUT2D eigenvalue weighted by Gasteiger charge is 2.18. The standard InChI is InChI=1S/C15H26N2O3/c1-15(2,6-7-18-3)10-17-12-9-14(20-5)13(19-4)8-11(12)16/h8-9,17H,6-7,10,16H2,1-5H3. The van der Waals surface area contributed by atoms with Gasteiger partial charge in [0.2, 0.25) is 0 Å². The van der Waals surface area contributed by atoms with Crippen LogP contribution in [-0.4, -0.2) is 34.5 Å². The van der Waals surface area contributed by atoms with Gasteiger partial charge in [0, 0.05) is 32.4 Å². The Balaban J connectivity index is 2.77. The van der Waals surface area contributed by atoms with Crippen LogP contribution in [0.3, 0.4) is 0 Å². The maximum absolute atomic E-state index is 6.03. The smallest absolute Gasteiger partial charge is 0.162 e. The minimum Gasteiger partial charge on any atom is -0.493 e. The highest BCUT2D eigenvalue weighted by molar-refractivity contribution is 5.72. The Morgan fingerprint density at radius 1 is 1.10 bits per heavy atom. The molecule has 5 heteroatoms. The van der Waals surface area contributed by atoms with Crippen molar-refractivity contribution < 1.29 is 14.2 Å². The molecule has 0 heterocycles. The van der Waals surface area contributed by atoms with E-state index < -0.39 is 0 Å². The summed E-state index contributed by atoms with van der Waals surface area (Å²) in [6.07, 6.45) is 0.976. The van der Waals surface area contributed by atoms with Gasteiger partial charge in [0.25, 0.3) is 0 Å². The molecule has 0 unspecified atom stereocenters. The van der Waals surface area contributed by atoms with Crippen molar-refractivity contribution in [2.24, 2.45) is 5.41 Å². The van der Waals surface area contributed by atoms with Crippen LogP contribution in [0.4, 0.5) is 11.4 Å². The zero-order chi connectivity index (χ0) is 15.2. The van der Waals surface area contributed by atoms with Crippen LogP contribution in [0.2, 0.25) is 0 Å². The molecule has 114 valence electrons. The second-order valence-electron chi connectivity index (χ2n) is 5.56. The van der Waals surface area contributed by atoms with Gasteiger partial charge in [-0.15, -0.1) is 0 Å². The van der Waals surface area contributed by atoms with Gasteiger partial charge in [-0.3, -0.25) is 0 Å². The van der Waals surface area contributed by atoms with Crippen LogP contribution < -0.4 is 20.5 Å². The van der Waals surface area contributed by atoms with Crippen LogP contribution in [-0.2, 0) is 4.74 Å². The first-order valence-electron chi connectivity index (χ1n) is 6.68. The van der Waals surface area contributed by atoms with Crippen molar-refractivity contribution in [1.29, 1.82) is 0 Å². The van der Waals surface area contributed by atoms with Crippen LogP contribution in [0.5, 0.6) is 11.5 Å². The Kier molecular flexibility index (Phi) is 5.95. The monoisotopic (exact) mass is 282 g/mol. The van der Waals surface area contributed by atoms with Gasteiger partial charge in [-0.2, -0.15) is 0 Å². The molecule has 0 aliphatic rings. The van der Waals surface area contributed by atoms with Crippen molar-refractivity contribution in [1.82, 2.24) is 0 Å². The fourth-order valence-electron chi connectivity index (χ4n) is 1.85. The lowest BCUT2D eigenvalue weighted by Gasteiger charge is -2.26. The zero-order valence-corrected chi connectivity index (χ0v) is 13.1.